The van der Waals surface area contributed by atoms with Crippen LogP contribution in [0.1, 0.15) is 49.3 Å². The summed E-state index contributed by atoms with van der Waals surface area (Å²) in [4.78, 5) is 4.82. The normalized spacial score (nSPS) is 23.0. The minimum Gasteiger partial charge on any atom is -0.376 e. The van der Waals surface area contributed by atoms with Gasteiger partial charge >= 0.3 is 0 Å². The van der Waals surface area contributed by atoms with Gasteiger partial charge in [-0.3, -0.25) is 0 Å². The zero-order valence-corrected chi connectivity index (χ0v) is 16.2. The van der Waals surface area contributed by atoms with E-state index in [1.54, 1.807) is 4.68 Å². The van der Waals surface area contributed by atoms with Crippen molar-refractivity contribution in [3.05, 3.63) is 39.6 Å². The zero-order chi connectivity index (χ0) is 17.9. The SMILES string of the molecule is CNC1=Nc2c(cc(Cl)c(-n3cc(C4CCCN4)cn3)c2Cl)C12CCC2. The third kappa shape index (κ3) is 2.20. The molecule has 1 saturated carbocycles. The van der Waals surface area contributed by atoms with Crippen LogP contribution < -0.4 is 10.6 Å². The molecule has 3 aliphatic rings. The molecule has 0 radical (unpaired) electrons. The van der Waals surface area contributed by atoms with Gasteiger partial charge in [0.1, 0.15) is 11.5 Å². The Balaban J connectivity index is 1.60. The lowest BCUT2D eigenvalue weighted by atomic mass is 9.64. The number of rotatable bonds is 2. The lowest BCUT2D eigenvalue weighted by molar-refractivity contribution is 0.341. The van der Waals surface area contributed by atoms with Gasteiger partial charge in [-0.1, -0.05) is 29.6 Å². The molecule has 2 N–H and O–H groups in total. The second-order valence-corrected chi connectivity index (χ2v) is 8.22. The fraction of sp³-hybridized carbons (Fsp3) is 0.474. The van der Waals surface area contributed by atoms with Crippen LogP contribution in [0.15, 0.2) is 23.5 Å². The van der Waals surface area contributed by atoms with E-state index in [0.717, 1.165) is 42.9 Å². The van der Waals surface area contributed by atoms with E-state index in [-0.39, 0.29) is 5.41 Å². The van der Waals surface area contributed by atoms with Crippen molar-refractivity contribution in [2.45, 2.75) is 43.6 Å². The molecule has 1 unspecified atom stereocenters. The zero-order valence-electron chi connectivity index (χ0n) is 14.6. The molecule has 1 aromatic heterocycles. The second kappa shape index (κ2) is 5.98. The van der Waals surface area contributed by atoms with Gasteiger partial charge in [-0.25, -0.2) is 9.67 Å². The van der Waals surface area contributed by atoms with Crippen LogP contribution >= 0.6 is 23.2 Å². The Morgan fingerprint density at radius 1 is 1.31 bits per heavy atom. The van der Waals surface area contributed by atoms with Crippen LogP contribution in [0.4, 0.5) is 5.69 Å². The molecule has 5 nitrogen and oxygen atoms in total. The maximum atomic E-state index is 6.80. The summed E-state index contributed by atoms with van der Waals surface area (Å²) in [6.07, 6.45) is 9.64. The summed E-state index contributed by atoms with van der Waals surface area (Å²) in [5.74, 6) is 1.00. The Labute approximate surface area is 162 Å². The molecule has 1 aromatic carbocycles. The molecule has 26 heavy (non-hydrogen) atoms. The molecule has 1 aliphatic carbocycles. The summed E-state index contributed by atoms with van der Waals surface area (Å²) in [7, 11) is 1.93. The van der Waals surface area contributed by atoms with E-state index in [4.69, 9.17) is 28.2 Å². The number of amidine groups is 1. The average Bonchev–Trinajstić information content (AvgIpc) is 3.31. The van der Waals surface area contributed by atoms with Crippen molar-refractivity contribution in [3.63, 3.8) is 0 Å². The van der Waals surface area contributed by atoms with Gasteiger partial charge in [0.05, 0.1) is 27.3 Å². The van der Waals surface area contributed by atoms with Crippen LogP contribution in [-0.4, -0.2) is 29.2 Å². The fourth-order valence-electron chi connectivity index (χ4n) is 4.57. The molecule has 2 fully saturated rings. The van der Waals surface area contributed by atoms with E-state index in [0.29, 0.717) is 21.8 Å². The van der Waals surface area contributed by atoms with Crippen molar-refractivity contribution in [1.29, 1.82) is 0 Å². The Hall–Kier alpha value is -1.56. The maximum absolute atomic E-state index is 6.80. The fourth-order valence-corrected chi connectivity index (χ4v) is 5.24. The number of likely N-dealkylation sites (N-methyl/N-ethyl adjacent to an activating group) is 1. The van der Waals surface area contributed by atoms with E-state index in [9.17, 15) is 0 Å². The third-order valence-corrected chi connectivity index (χ3v) is 6.75. The molecule has 3 heterocycles. The number of hydrogen-bond donors (Lipinski definition) is 2. The summed E-state index contributed by atoms with van der Waals surface area (Å²) in [6.45, 7) is 1.06. The van der Waals surface area contributed by atoms with Crippen LogP contribution in [-0.2, 0) is 5.41 Å². The molecular formula is C19H21Cl2N5. The molecule has 0 amide bonds. The molecule has 1 saturated heterocycles. The number of halogens is 2. The monoisotopic (exact) mass is 389 g/mol. The van der Waals surface area contributed by atoms with Gasteiger partial charge in [0.2, 0.25) is 0 Å². The van der Waals surface area contributed by atoms with Gasteiger partial charge in [-0.05, 0) is 43.9 Å². The first-order chi connectivity index (χ1) is 12.6. The number of aromatic nitrogens is 2. The number of aliphatic imine (C=N–C) groups is 1. The predicted octanol–water partition coefficient (Wildman–Crippen LogP) is 4.29. The first-order valence-electron chi connectivity index (χ1n) is 9.22. The van der Waals surface area contributed by atoms with E-state index in [1.165, 1.54) is 18.4 Å². The van der Waals surface area contributed by atoms with Crippen molar-refractivity contribution in [1.82, 2.24) is 20.4 Å². The van der Waals surface area contributed by atoms with Crippen LogP contribution in [0.3, 0.4) is 0 Å². The number of nitrogens with zero attached hydrogens (tertiary/aromatic N) is 3. The summed E-state index contributed by atoms with van der Waals surface area (Å²) in [5.41, 5.74) is 3.85. The molecular weight excluding hydrogens is 369 g/mol. The van der Waals surface area contributed by atoms with Crippen molar-refractivity contribution < 1.29 is 0 Å². The Morgan fingerprint density at radius 2 is 2.15 bits per heavy atom. The third-order valence-electron chi connectivity index (χ3n) is 6.10. The lowest BCUT2D eigenvalue weighted by Crippen LogP contribution is -2.45. The highest BCUT2D eigenvalue weighted by molar-refractivity contribution is 6.40. The second-order valence-electron chi connectivity index (χ2n) is 7.43. The smallest absolute Gasteiger partial charge is 0.113 e. The molecule has 7 heteroatoms. The number of nitrogens with one attached hydrogen (secondary N) is 2. The number of benzene rings is 1. The average molecular weight is 390 g/mol. The highest BCUT2D eigenvalue weighted by Crippen LogP contribution is 2.56. The van der Waals surface area contributed by atoms with Crippen molar-refractivity contribution in [2.24, 2.45) is 4.99 Å². The van der Waals surface area contributed by atoms with Crippen molar-refractivity contribution in [2.75, 3.05) is 13.6 Å². The van der Waals surface area contributed by atoms with E-state index >= 15 is 0 Å². The van der Waals surface area contributed by atoms with Gasteiger partial charge in [-0.15, -0.1) is 0 Å². The van der Waals surface area contributed by atoms with E-state index < -0.39 is 0 Å². The predicted molar refractivity (Wildman–Crippen MR) is 105 cm³/mol. The van der Waals surface area contributed by atoms with Crippen molar-refractivity contribution in [3.8, 4) is 5.69 Å². The van der Waals surface area contributed by atoms with Gasteiger partial charge in [-0.2, -0.15) is 5.10 Å². The largest absolute Gasteiger partial charge is 0.376 e. The standard InChI is InChI=1S/C19H21Cl2N5/c1-22-18-19(5-3-6-19)12-8-13(20)17(15(21)16(12)25-18)26-10-11(9-24-26)14-4-2-7-23-14/h8-10,14,23H,2-7H2,1H3,(H,22,25). The molecule has 1 spiro atoms. The van der Waals surface area contributed by atoms with Crippen LogP contribution in [0.5, 0.6) is 0 Å². The first kappa shape index (κ1) is 16.6. The molecule has 2 aliphatic heterocycles. The minimum absolute atomic E-state index is 0.0288. The van der Waals surface area contributed by atoms with Gasteiger partial charge < -0.3 is 10.6 Å². The van der Waals surface area contributed by atoms with Crippen molar-refractivity contribution >= 4 is 34.7 Å². The summed E-state index contributed by atoms with van der Waals surface area (Å²) < 4.78 is 1.79. The van der Waals surface area contributed by atoms with Crippen LogP contribution in [0.2, 0.25) is 10.0 Å². The molecule has 136 valence electrons. The summed E-state index contributed by atoms with van der Waals surface area (Å²) >= 11 is 13.5. The van der Waals surface area contributed by atoms with E-state index in [2.05, 4.69) is 15.7 Å². The molecule has 2 aromatic rings. The summed E-state index contributed by atoms with van der Waals surface area (Å²) in [6, 6.07) is 2.41. The van der Waals surface area contributed by atoms with Gasteiger partial charge in [0.25, 0.3) is 0 Å². The van der Waals surface area contributed by atoms with Gasteiger partial charge in [0.15, 0.2) is 0 Å². The van der Waals surface area contributed by atoms with E-state index in [1.807, 2.05) is 25.5 Å². The molecule has 0 bridgehead atoms. The maximum Gasteiger partial charge on any atom is 0.113 e. The molecule has 1 atom stereocenters. The topological polar surface area (TPSA) is 54.2 Å². The highest BCUT2D eigenvalue weighted by Gasteiger charge is 2.49. The quantitative estimate of drug-likeness (QED) is 0.805. The minimum atomic E-state index is -0.0288. The Morgan fingerprint density at radius 3 is 2.81 bits per heavy atom. The number of fused-ring (bicyclic) bond motifs is 2. The lowest BCUT2D eigenvalue weighted by Gasteiger charge is -2.40. The Bertz CT molecular complexity index is 907. The number of hydrogen-bond acceptors (Lipinski definition) is 4. The summed E-state index contributed by atoms with van der Waals surface area (Å²) in [5, 5.41) is 12.5. The van der Waals surface area contributed by atoms with Gasteiger partial charge in [0, 0.05) is 24.8 Å². The highest BCUT2D eigenvalue weighted by atomic mass is 35.5. The first-order valence-corrected chi connectivity index (χ1v) is 9.97. The molecule has 5 rings (SSSR count). The van der Waals surface area contributed by atoms with Crippen LogP contribution in [0, 0.1) is 0 Å². The Kier molecular flexibility index (Phi) is 3.82. The van der Waals surface area contributed by atoms with Crippen LogP contribution in [0.25, 0.3) is 5.69 Å².